The molecule has 5 heteroatoms. The van der Waals surface area contributed by atoms with Gasteiger partial charge in [-0.25, -0.2) is 0 Å². The van der Waals surface area contributed by atoms with Crippen molar-refractivity contribution >= 4 is 27.3 Å². The number of halogens is 1. The lowest BCUT2D eigenvalue weighted by Gasteiger charge is -2.00. The Labute approximate surface area is 88.7 Å². The van der Waals surface area contributed by atoms with Crippen molar-refractivity contribution in [1.29, 1.82) is 5.26 Å². The second-order valence-corrected chi connectivity index (χ2v) is 4.27. The van der Waals surface area contributed by atoms with Crippen molar-refractivity contribution < 1.29 is 9.84 Å². The Morgan fingerprint density at radius 3 is 3.00 bits per heavy atom. The van der Waals surface area contributed by atoms with Crippen LogP contribution in [0.5, 0.6) is 5.06 Å². The third kappa shape index (κ3) is 2.44. The van der Waals surface area contributed by atoms with Crippen LogP contribution < -0.4 is 4.74 Å². The zero-order valence-corrected chi connectivity index (χ0v) is 9.35. The average molecular weight is 262 g/mol. The van der Waals surface area contributed by atoms with Crippen molar-refractivity contribution in [3.8, 4) is 11.1 Å². The second kappa shape index (κ2) is 4.61. The van der Waals surface area contributed by atoms with Crippen LogP contribution in [-0.4, -0.2) is 12.2 Å². The Morgan fingerprint density at radius 2 is 2.54 bits per heavy atom. The summed E-state index contributed by atoms with van der Waals surface area (Å²) in [5.74, 6) is 0. The topological polar surface area (TPSA) is 53.2 Å². The molecule has 0 saturated carbocycles. The van der Waals surface area contributed by atoms with Crippen molar-refractivity contribution in [2.75, 3.05) is 7.11 Å². The molecule has 0 aliphatic carbocycles. The van der Waals surface area contributed by atoms with E-state index in [0.717, 1.165) is 9.35 Å². The summed E-state index contributed by atoms with van der Waals surface area (Å²) in [4.78, 5) is 0.741. The molecule has 0 aromatic carbocycles. The Balaban J connectivity index is 2.85. The normalized spacial score (nSPS) is 12.2. The van der Waals surface area contributed by atoms with E-state index in [0.29, 0.717) is 5.06 Å². The van der Waals surface area contributed by atoms with E-state index in [1.807, 2.05) is 6.07 Å². The number of ether oxygens (including phenoxy) is 1. The summed E-state index contributed by atoms with van der Waals surface area (Å²) in [5.41, 5.74) is 0. The molecule has 0 aliphatic rings. The van der Waals surface area contributed by atoms with E-state index in [-0.39, 0.29) is 6.42 Å². The van der Waals surface area contributed by atoms with Gasteiger partial charge < -0.3 is 9.84 Å². The Hall–Kier alpha value is -0.570. The molecule has 3 nitrogen and oxygen atoms in total. The summed E-state index contributed by atoms with van der Waals surface area (Å²) >= 11 is 4.63. The van der Waals surface area contributed by atoms with Gasteiger partial charge in [0, 0.05) is 4.88 Å². The van der Waals surface area contributed by atoms with Crippen LogP contribution in [0.4, 0.5) is 0 Å². The number of hydrogen-bond donors (Lipinski definition) is 1. The minimum absolute atomic E-state index is 0.107. The van der Waals surface area contributed by atoms with Gasteiger partial charge in [-0.15, -0.1) is 11.3 Å². The summed E-state index contributed by atoms with van der Waals surface area (Å²) in [7, 11) is 1.57. The van der Waals surface area contributed by atoms with Gasteiger partial charge in [0.2, 0.25) is 0 Å². The maximum Gasteiger partial charge on any atom is 0.188 e. The average Bonchev–Trinajstić information content (AvgIpc) is 2.47. The van der Waals surface area contributed by atoms with Crippen molar-refractivity contribution in [2.45, 2.75) is 12.5 Å². The molecule has 0 saturated heterocycles. The van der Waals surface area contributed by atoms with E-state index in [2.05, 4.69) is 15.9 Å². The number of nitrogens with zero attached hydrogens (tertiary/aromatic N) is 1. The van der Waals surface area contributed by atoms with Gasteiger partial charge in [-0.05, 0) is 22.0 Å². The highest BCUT2D eigenvalue weighted by Gasteiger charge is 2.13. The molecule has 13 heavy (non-hydrogen) atoms. The van der Waals surface area contributed by atoms with Gasteiger partial charge in [-0.2, -0.15) is 5.26 Å². The second-order valence-electron chi connectivity index (χ2n) is 2.37. The first kappa shape index (κ1) is 10.5. The van der Waals surface area contributed by atoms with Crippen molar-refractivity contribution in [3.63, 3.8) is 0 Å². The van der Waals surface area contributed by atoms with Crippen LogP contribution in [0.3, 0.4) is 0 Å². The molecule has 1 atom stereocenters. The van der Waals surface area contributed by atoms with E-state index in [1.165, 1.54) is 11.3 Å². The molecule has 1 rings (SSSR count). The summed E-state index contributed by atoms with van der Waals surface area (Å²) in [5, 5.41) is 18.6. The summed E-state index contributed by atoms with van der Waals surface area (Å²) < 4.78 is 5.84. The zero-order chi connectivity index (χ0) is 9.84. The van der Waals surface area contributed by atoms with Crippen LogP contribution in [0, 0.1) is 11.3 Å². The standard InChI is InChI=1S/C8H8BrNO2S/c1-12-8-5(9)4-7(13-8)6(11)2-3-10/h4,6,11H,2H2,1H3. The SMILES string of the molecule is COc1sc(C(O)CC#N)cc1Br. The van der Waals surface area contributed by atoms with Crippen molar-refractivity contribution in [1.82, 2.24) is 0 Å². The number of thiophene rings is 1. The number of hydrogen-bond acceptors (Lipinski definition) is 4. The van der Waals surface area contributed by atoms with Crippen LogP contribution in [-0.2, 0) is 0 Å². The van der Waals surface area contributed by atoms with Gasteiger partial charge in [0.15, 0.2) is 5.06 Å². The Bertz CT molecular complexity index is 331. The molecular formula is C8H8BrNO2S. The van der Waals surface area contributed by atoms with E-state index < -0.39 is 6.10 Å². The largest absolute Gasteiger partial charge is 0.486 e. The van der Waals surface area contributed by atoms with Crippen molar-refractivity contribution in [2.24, 2.45) is 0 Å². The van der Waals surface area contributed by atoms with E-state index in [4.69, 9.17) is 10.00 Å². The maximum atomic E-state index is 9.47. The lowest BCUT2D eigenvalue weighted by atomic mass is 10.2. The number of methoxy groups -OCH3 is 1. The van der Waals surface area contributed by atoms with Crippen LogP contribution in [0.1, 0.15) is 17.4 Å². The lowest BCUT2D eigenvalue weighted by molar-refractivity contribution is 0.187. The van der Waals surface area contributed by atoms with E-state index in [9.17, 15) is 5.11 Å². The van der Waals surface area contributed by atoms with Gasteiger partial charge in [0.1, 0.15) is 6.10 Å². The van der Waals surface area contributed by atoms with Crippen LogP contribution in [0.2, 0.25) is 0 Å². The molecule has 0 amide bonds. The zero-order valence-electron chi connectivity index (χ0n) is 6.95. The van der Waals surface area contributed by atoms with E-state index in [1.54, 1.807) is 13.2 Å². The number of aliphatic hydroxyl groups is 1. The van der Waals surface area contributed by atoms with Gasteiger partial charge in [0.25, 0.3) is 0 Å². The Morgan fingerprint density at radius 1 is 1.85 bits per heavy atom. The van der Waals surface area contributed by atoms with Gasteiger partial charge in [-0.1, -0.05) is 0 Å². The Kier molecular flexibility index (Phi) is 3.72. The molecule has 1 heterocycles. The first-order valence-electron chi connectivity index (χ1n) is 3.57. The third-order valence-electron chi connectivity index (χ3n) is 1.47. The lowest BCUT2D eigenvalue weighted by Crippen LogP contribution is -1.91. The first-order chi connectivity index (χ1) is 6.19. The minimum Gasteiger partial charge on any atom is -0.486 e. The molecule has 0 fully saturated rings. The van der Waals surface area contributed by atoms with Gasteiger partial charge in [-0.3, -0.25) is 0 Å². The molecule has 70 valence electrons. The van der Waals surface area contributed by atoms with Crippen molar-refractivity contribution in [3.05, 3.63) is 15.4 Å². The van der Waals surface area contributed by atoms with Crippen LogP contribution in [0.15, 0.2) is 10.5 Å². The number of nitriles is 1. The molecule has 0 aliphatic heterocycles. The first-order valence-corrected chi connectivity index (χ1v) is 5.18. The highest BCUT2D eigenvalue weighted by atomic mass is 79.9. The predicted octanol–water partition coefficient (Wildman–Crippen LogP) is 2.47. The highest BCUT2D eigenvalue weighted by Crippen LogP contribution is 2.38. The molecule has 1 aromatic rings. The quantitative estimate of drug-likeness (QED) is 0.910. The third-order valence-corrected chi connectivity index (χ3v) is 3.52. The molecule has 1 unspecified atom stereocenters. The summed E-state index contributed by atoms with van der Waals surface area (Å²) in [6, 6.07) is 3.68. The smallest absolute Gasteiger partial charge is 0.188 e. The maximum absolute atomic E-state index is 9.47. The van der Waals surface area contributed by atoms with Crippen LogP contribution in [0.25, 0.3) is 0 Å². The highest BCUT2D eigenvalue weighted by molar-refractivity contribution is 9.10. The molecular weight excluding hydrogens is 254 g/mol. The molecule has 1 N–H and O–H groups in total. The molecule has 0 bridgehead atoms. The predicted molar refractivity (Wildman–Crippen MR) is 53.8 cm³/mol. The summed E-state index contributed by atoms with van der Waals surface area (Å²) in [6.45, 7) is 0. The number of aliphatic hydroxyl groups excluding tert-OH is 1. The van der Waals surface area contributed by atoms with E-state index >= 15 is 0 Å². The fraction of sp³-hybridized carbons (Fsp3) is 0.375. The minimum atomic E-state index is -0.713. The summed E-state index contributed by atoms with van der Waals surface area (Å²) in [6.07, 6.45) is -0.606. The molecule has 0 radical (unpaired) electrons. The molecule has 1 aromatic heterocycles. The fourth-order valence-electron chi connectivity index (χ4n) is 0.860. The van der Waals surface area contributed by atoms with Gasteiger partial charge in [0.05, 0.1) is 24.1 Å². The fourth-order valence-corrected chi connectivity index (χ4v) is 2.51. The molecule has 0 spiro atoms. The number of rotatable bonds is 3. The van der Waals surface area contributed by atoms with Gasteiger partial charge >= 0.3 is 0 Å². The monoisotopic (exact) mass is 261 g/mol. The van der Waals surface area contributed by atoms with Crippen LogP contribution >= 0.6 is 27.3 Å².